The molecule has 0 saturated heterocycles. The maximum Gasteiger partial charge on any atom is 0.235 e. The van der Waals surface area contributed by atoms with Crippen LogP contribution in [0, 0.1) is 0 Å². The van der Waals surface area contributed by atoms with Crippen molar-refractivity contribution in [2.75, 3.05) is 24.6 Å². The molecule has 7 heteroatoms. The Balaban J connectivity index is 0. The molecule has 1 amide bonds. The molecule has 0 spiro atoms. The second-order valence-corrected chi connectivity index (χ2v) is 5.62. The number of nitrogens with one attached hydrogen (secondary N) is 1. The lowest BCUT2D eigenvalue weighted by molar-refractivity contribution is -0.118. The summed E-state index contributed by atoms with van der Waals surface area (Å²) in [6.07, 6.45) is 2.47. The average molecular weight is 273 g/mol. The van der Waals surface area contributed by atoms with Gasteiger partial charge in [0.1, 0.15) is 5.75 Å². The zero-order valence-electron chi connectivity index (χ0n) is 9.57. The first kappa shape index (κ1) is 18.0. The van der Waals surface area contributed by atoms with Gasteiger partial charge in [0, 0.05) is 13.1 Å². The van der Waals surface area contributed by atoms with Gasteiger partial charge in [0.25, 0.3) is 0 Å². The van der Waals surface area contributed by atoms with Gasteiger partial charge in [-0.3, -0.25) is 4.79 Å². The highest BCUT2D eigenvalue weighted by Crippen LogP contribution is 1.99. The highest BCUT2D eigenvalue weighted by Gasteiger charge is 2.15. The predicted octanol–water partition coefficient (Wildman–Crippen LogP) is 0.0881. The minimum Gasteiger partial charge on any atom is -0.354 e. The molecule has 0 unspecified atom stereocenters. The maximum atomic E-state index is 11.4. The number of amides is 1. The van der Waals surface area contributed by atoms with E-state index in [0.29, 0.717) is 19.5 Å². The van der Waals surface area contributed by atoms with Crippen LogP contribution in [0.15, 0.2) is 0 Å². The standard InChI is InChI=1S/C9H20N2O3S.ClH/c1-2-3-4-7-15(13,14)8-9(12)11-6-5-10;/h2-8,10H2,1H3,(H,11,12);1H. The number of carbonyl (C=O) groups is 1. The van der Waals surface area contributed by atoms with Gasteiger partial charge in [0.2, 0.25) is 5.91 Å². The average Bonchev–Trinajstić information content (AvgIpc) is 2.14. The van der Waals surface area contributed by atoms with Gasteiger partial charge in [0.15, 0.2) is 9.84 Å². The summed E-state index contributed by atoms with van der Waals surface area (Å²) in [6.45, 7) is 2.64. The van der Waals surface area contributed by atoms with E-state index in [1.54, 1.807) is 0 Å². The molecule has 0 heterocycles. The number of sulfone groups is 1. The Morgan fingerprint density at radius 2 is 1.94 bits per heavy atom. The molecule has 0 saturated carbocycles. The molecular formula is C9H21ClN2O3S. The van der Waals surface area contributed by atoms with Gasteiger partial charge in [-0.05, 0) is 6.42 Å². The monoisotopic (exact) mass is 272 g/mol. The molecule has 0 bridgehead atoms. The van der Waals surface area contributed by atoms with Crippen LogP contribution in [-0.4, -0.2) is 38.9 Å². The first-order valence-electron chi connectivity index (χ1n) is 5.19. The SMILES string of the molecule is CCCCCS(=O)(=O)CC(=O)NCCN.Cl. The van der Waals surface area contributed by atoms with Gasteiger partial charge in [0.05, 0.1) is 5.75 Å². The summed E-state index contributed by atoms with van der Waals surface area (Å²) in [5.41, 5.74) is 5.17. The van der Waals surface area contributed by atoms with Crippen molar-refractivity contribution in [1.29, 1.82) is 0 Å². The molecule has 0 atom stereocenters. The molecular weight excluding hydrogens is 252 g/mol. The predicted molar refractivity (Wildman–Crippen MR) is 67.5 cm³/mol. The van der Waals surface area contributed by atoms with Crippen molar-refractivity contribution in [3.8, 4) is 0 Å². The van der Waals surface area contributed by atoms with Crippen molar-refractivity contribution in [2.45, 2.75) is 26.2 Å². The molecule has 0 fully saturated rings. The molecule has 0 aliphatic heterocycles. The molecule has 0 aliphatic rings. The van der Waals surface area contributed by atoms with E-state index in [2.05, 4.69) is 5.32 Å². The van der Waals surface area contributed by atoms with Crippen LogP contribution in [0.1, 0.15) is 26.2 Å². The minimum atomic E-state index is -3.24. The summed E-state index contributed by atoms with van der Waals surface area (Å²) < 4.78 is 22.8. The van der Waals surface area contributed by atoms with Crippen LogP contribution in [0.3, 0.4) is 0 Å². The summed E-state index contributed by atoms with van der Waals surface area (Å²) >= 11 is 0. The first-order valence-corrected chi connectivity index (χ1v) is 7.01. The topological polar surface area (TPSA) is 89.3 Å². The van der Waals surface area contributed by atoms with Crippen LogP contribution in [0.2, 0.25) is 0 Å². The number of unbranched alkanes of at least 4 members (excludes halogenated alkanes) is 2. The van der Waals surface area contributed by atoms with E-state index in [1.165, 1.54) is 0 Å². The summed E-state index contributed by atoms with van der Waals surface area (Å²) in [4.78, 5) is 11.1. The highest BCUT2D eigenvalue weighted by molar-refractivity contribution is 7.92. The van der Waals surface area contributed by atoms with Crippen LogP contribution in [-0.2, 0) is 14.6 Å². The van der Waals surface area contributed by atoms with E-state index in [1.807, 2.05) is 6.92 Å². The van der Waals surface area contributed by atoms with Crippen molar-refractivity contribution >= 4 is 28.2 Å². The van der Waals surface area contributed by atoms with Crippen LogP contribution in [0.25, 0.3) is 0 Å². The van der Waals surface area contributed by atoms with E-state index in [4.69, 9.17) is 5.73 Å². The molecule has 0 aromatic carbocycles. The lowest BCUT2D eigenvalue weighted by Gasteiger charge is -2.04. The van der Waals surface area contributed by atoms with Gasteiger partial charge >= 0.3 is 0 Å². The van der Waals surface area contributed by atoms with Gasteiger partial charge in [-0.2, -0.15) is 0 Å². The van der Waals surface area contributed by atoms with Crippen LogP contribution in [0.4, 0.5) is 0 Å². The van der Waals surface area contributed by atoms with E-state index in [9.17, 15) is 13.2 Å². The lowest BCUT2D eigenvalue weighted by atomic mass is 10.3. The smallest absolute Gasteiger partial charge is 0.235 e. The zero-order chi connectivity index (χ0) is 11.7. The Bertz CT molecular complexity index is 280. The number of rotatable bonds is 8. The van der Waals surface area contributed by atoms with E-state index in [0.717, 1.165) is 12.8 Å². The normalized spacial score (nSPS) is 10.6. The fourth-order valence-electron chi connectivity index (χ4n) is 1.11. The number of carbonyl (C=O) groups excluding carboxylic acids is 1. The second-order valence-electron chi connectivity index (χ2n) is 3.44. The Morgan fingerprint density at radius 1 is 1.31 bits per heavy atom. The van der Waals surface area contributed by atoms with Crippen LogP contribution in [0.5, 0.6) is 0 Å². The molecule has 16 heavy (non-hydrogen) atoms. The Hall–Kier alpha value is -0.330. The third-order valence-electron chi connectivity index (χ3n) is 1.88. The van der Waals surface area contributed by atoms with Gasteiger partial charge in [-0.25, -0.2) is 8.42 Å². The fraction of sp³-hybridized carbons (Fsp3) is 0.889. The van der Waals surface area contributed by atoms with Crippen LogP contribution >= 0.6 is 12.4 Å². The number of halogens is 1. The van der Waals surface area contributed by atoms with Gasteiger partial charge in [-0.1, -0.05) is 19.8 Å². The first-order chi connectivity index (χ1) is 7.02. The Kier molecular flexibility index (Phi) is 11.1. The van der Waals surface area contributed by atoms with Crippen molar-refractivity contribution in [2.24, 2.45) is 5.73 Å². The van der Waals surface area contributed by atoms with Gasteiger partial charge in [-0.15, -0.1) is 12.4 Å². The molecule has 3 N–H and O–H groups in total. The molecule has 0 aromatic rings. The fourth-order valence-corrected chi connectivity index (χ4v) is 2.40. The minimum absolute atomic E-state index is 0. The zero-order valence-corrected chi connectivity index (χ0v) is 11.2. The molecule has 98 valence electrons. The summed E-state index contributed by atoms with van der Waals surface area (Å²) in [5.74, 6) is -0.787. The number of hydrogen-bond donors (Lipinski definition) is 2. The van der Waals surface area contributed by atoms with Crippen molar-refractivity contribution in [3.63, 3.8) is 0 Å². The molecule has 5 nitrogen and oxygen atoms in total. The number of hydrogen-bond acceptors (Lipinski definition) is 4. The summed E-state index contributed by atoms with van der Waals surface area (Å²) in [6, 6.07) is 0. The lowest BCUT2D eigenvalue weighted by Crippen LogP contribution is -2.34. The quantitative estimate of drug-likeness (QED) is 0.613. The van der Waals surface area contributed by atoms with E-state index >= 15 is 0 Å². The molecule has 0 aromatic heterocycles. The molecule has 0 rings (SSSR count). The van der Waals surface area contributed by atoms with Crippen molar-refractivity contribution < 1.29 is 13.2 Å². The number of nitrogens with two attached hydrogens (primary N) is 1. The van der Waals surface area contributed by atoms with Crippen LogP contribution < -0.4 is 11.1 Å². The maximum absolute atomic E-state index is 11.4. The van der Waals surface area contributed by atoms with E-state index < -0.39 is 21.5 Å². The summed E-state index contributed by atoms with van der Waals surface area (Å²) in [7, 11) is -3.24. The third kappa shape index (κ3) is 10.2. The molecule has 0 aliphatic carbocycles. The van der Waals surface area contributed by atoms with E-state index in [-0.39, 0.29) is 18.2 Å². The second kappa shape index (κ2) is 9.86. The Labute approximate surface area is 103 Å². The third-order valence-corrected chi connectivity index (χ3v) is 3.49. The van der Waals surface area contributed by atoms with Crippen molar-refractivity contribution in [1.82, 2.24) is 5.32 Å². The highest BCUT2D eigenvalue weighted by atomic mass is 35.5. The molecule has 0 radical (unpaired) electrons. The largest absolute Gasteiger partial charge is 0.354 e. The van der Waals surface area contributed by atoms with Gasteiger partial charge < -0.3 is 11.1 Å². The Morgan fingerprint density at radius 3 is 2.44 bits per heavy atom. The summed E-state index contributed by atoms with van der Waals surface area (Å²) in [5, 5.41) is 2.44. The van der Waals surface area contributed by atoms with Crippen molar-refractivity contribution in [3.05, 3.63) is 0 Å².